The van der Waals surface area contributed by atoms with Crippen LogP contribution in [0, 0.1) is 10.1 Å². The number of halogens is 2. The molecule has 10 heteroatoms. The fourth-order valence-electron chi connectivity index (χ4n) is 4.43. The molecular formula is C28H25Cl2N3O5. The van der Waals surface area contributed by atoms with Crippen molar-refractivity contribution in [3.05, 3.63) is 104 Å². The molecule has 0 aromatic heterocycles. The van der Waals surface area contributed by atoms with E-state index in [-0.39, 0.29) is 29.5 Å². The molecule has 8 nitrogen and oxygen atoms in total. The number of amides is 3. The average molecular weight is 554 g/mol. The van der Waals surface area contributed by atoms with Crippen molar-refractivity contribution >= 4 is 52.3 Å². The van der Waals surface area contributed by atoms with Crippen LogP contribution in [0.1, 0.15) is 47.7 Å². The third-order valence-corrected chi connectivity index (χ3v) is 7.05. The molecule has 1 atom stereocenters. The van der Waals surface area contributed by atoms with Crippen LogP contribution in [0.4, 0.5) is 11.4 Å². The number of carbonyl (C=O) groups is 3. The van der Waals surface area contributed by atoms with Crippen LogP contribution in [-0.2, 0) is 16.0 Å². The van der Waals surface area contributed by atoms with Crippen molar-refractivity contribution in [2.75, 3.05) is 11.4 Å². The number of imide groups is 1. The molecule has 1 fully saturated rings. The molecule has 3 aromatic rings. The summed E-state index contributed by atoms with van der Waals surface area (Å²) in [4.78, 5) is 53.4. The Morgan fingerprint density at radius 1 is 1.08 bits per heavy atom. The van der Waals surface area contributed by atoms with Gasteiger partial charge in [-0.2, -0.15) is 0 Å². The fraction of sp³-hybridized carbons (Fsp3) is 0.250. The lowest BCUT2D eigenvalue weighted by Crippen LogP contribution is -2.46. The largest absolute Gasteiger partial charge is 0.326 e. The van der Waals surface area contributed by atoms with Gasteiger partial charge in [0.2, 0.25) is 5.91 Å². The first-order valence-electron chi connectivity index (χ1n) is 12.0. The molecule has 1 heterocycles. The molecule has 0 saturated carbocycles. The minimum Gasteiger partial charge on any atom is -0.326 e. The highest BCUT2D eigenvalue weighted by Crippen LogP contribution is 2.30. The highest BCUT2D eigenvalue weighted by Gasteiger charge is 2.44. The Kier molecular flexibility index (Phi) is 8.14. The molecule has 3 amide bonds. The Bertz CT molecular complexity index is 1410. The van der Waals surface area contributed by atoms with Gasteiger partial charge in [0, 0.05) is 23.2 Å². The third-order valence-electron chi connectivity index (χ3n) is 6.50. The molecule has 0 aliphatic carbocycles. The average Bonchev–Trinajstić information content (AvgIpc) is 3.17. The Morgan fingerprint density at radius 3 is 2.42 bits per heavy atom. The molecule has 0 bridgehead atoms. The van der Waals surface area contributed by atoms with Gasteiger partial charge >= 0.3 is 0 Å². The molecule has 1 aliphatic heterocycles. The second-order valence-corrected chi connectivity index (χ2v) is 10.2. The quantitative estimate of drug-likeness (QED) is 0.192. The summed E-state index contributed by atoms with van der Waals surface area (Å²) in [5.74, 6) is -1.30. The maximum atomic E-state index is 13.7. The van der Waals surface area contributed by atoms with E-state index in [0.29, 0.717) is 17.1 Å². The predicted octanol–water partition coefficient (Wildman–Crippen LogP) is 6.04. The third kappa shape index (κ3) is 5.71. The lowest BCUT2D eigenvalue weighted by molar-refractivity contribution is -0.384. The summed E-state index contributed by atoms with van der Waals surface area (Å²) in [5, 5.41) is 11.8. The zero-order valence-corrected chi connectivity index (χ0v) is 22.3. The van der Waals surface area contributed by atoms with Crippen molar-refractivity contribution in [2.24, 2.45) is 0 Å². The highest BCUT2D eigenvalue weighted by atomic mass is 35.5. The van der Waals surface area contributed by atoms with E-state index in [0.717, 1.165) is 22.1 Å². The molecular weight excluding hydrogens is 529 g/mol. The maximum absolute atomic E-state index is 13.7. The van der Waals surface area contributed by atoms with Crippen LogP contribution >= 0.6 is 23.2 Å². The van der Waals surface area contributed by atoms with E-state index in [1.807, 2.05) is 32.0 Å². The standard InChI is InChI=1S/C28H25Cl2N3O5/c1-17(2)19-6-9-22(10-7-19)32-26(34)16-25(28(32)36)31(13-12-18-4-3-5-21(29)14-18)27(35)20-8-11-23(30)24(15-20)33(37)38/h3-11,14-15,17,25H,12-13,16H2,1-2H3. The number of nitro benzene ring substituents is 1. The SMILES string of the molecule is CC(C)c1ccc(N2C(=O)CC(N(CCc3cccc(Cl)c3)C(=O)c3ccc(Cl)c([N+](=O)[O-])c3)C2=O)cc1. The van der Waals surface area contributed by atoms with Gasteiger partial charge in [0.05, 0.1) is 17.0 Å². The van der Waals surface area contributed by atoms with Crippen molar-refractivity contribution in [1.29, 1.82) is 0 Å². The van der Waals surface area contributed by atoms with Gasteiger partial charge in [-0.3, -0.25) is 24.5 Å². The zero-order valence-electron chi connectivity index (χ0n) is 20.8. The van der Waals surface area contributed by atoms with Crippen LogP contribution < -0.4 is 4.90 Å². The summed E-state index contributed by atoms with van der Waals surface area (Å²) < 4.78 is 0. The highest BCUT2D eigenvalue weighted by molar-refractivity contribution is 6.32. The van der Waals surface area contributed by atoms with Gasteiger partial charge in [-0.05, 0) is 59.9 Å². The van der Waals surface area contributed by atoms with Gasteiger partial charge in [-0.15, -0.1) is 0 Å². The van der Waals surface area contributed by atoms with E-state index < -0.39 is 34.4 Å². The Labute approximate surface area is 229 Å². The minimum absolute atomic E-state index is 0.00724. The molecule has 4 rings (SSSR count). The molecule has 1 saturated heterocycles. The molecule has 3 aromatic carbocycles. The van der Waals surface area contributed by atoms with E-state index in [4.69, 9.17) is 23.2 Å². The second-order valence-electron chi connectivity index (χ2n) is 9.34. The van der Waals surface area contributed by atoms with Gasteiger partial charge in [0.25, 0.3) is 17.5 Å². The second kappa shape index (κ2) is 11.3. The van der Waals surface area contributed by atoms with Gasteiger partial charge in [-0.1, -0.05) is 61.3 Å². The number of rotatable bonds is 8. The first-order chi connectivity index (χ1) is 18.1. The summed E-state index contributed by atoms with van der Waals surface area (Å²) in [6, 6.07) is 16.9. The fourth-order valence-corrected chi connectivity index (χ4v) is 4.83. The summed E-state index contributed by atoms with van der Waals surface area (Å²) in [7, 11) is 0. The summed E-state index contributed by atoms with van der Waals surface area (Å²) in [6.07, 6.45) is 0.144. The Morgan fingerprint density at radius 2 is 1.79 bits per heavy atom. The van der Waals surface area contributed by atoms with Crippen LogP contribution in [0.5, 0.6) is 0 Å². The van der Waals surface area contributed by atoms with Crippen LogP contribution in [0.3, 0.4) is 0 Å². The first kappa shape index (κ1) is 27.3. The number of anilines is 1. The summed E-state index contributed by atoms with van der Waals surface area (Å²) in [6.45, 7) is 4.17. The van der Waals surface area contributed by atoms with E-state index in [1.54, 1.807) is 30.3 Å². The van der Waals surface area contributed by atoms with Crippen molar-refractivity contribution in [3.63, 3.8) is 0 Å². The van der Waals surface area contributed by atoms with E-state index >= 15 is 0 Å². The number of nitro groups is 1. The number of nitrogens with zero attached hydrogens (tertiary/aromatic N) is 3. The smallest absolute Gasteiger partial charge is 0.288 e. The van der Waals surface area contributed by atoms with Gasteiger partial charge in [-0.25, -0.2) is 4.90 Å². The van der Waals surface area contributed by atoms with Crippen molar-refractivity contribution < 1.29 is 19.3 Å². The number of carbonyl (C=O) groups excluding carboxylic acids is 3. The predicted molar refractivity (Wildman–Crippen MR) is 146 cm³/mol. The molecule has 1 aliphatic rings. The minimum atomic E-state index is -1.08. The van der Waals surface area contributed by atoms with Gasteiger partial charge in [0.15, 0.2) is 0 Å². The van der Waals surface area contributed by atoms with Crippen molar-refractivity contribution in [3.8, 4) is 0 Å². The Balaban J connectivity index is 1.67. The summed E-state index contributed by atoms with van der Waals surface area (Å²) in [5.41, 5.74) is 1.89. The maximum Gasteiger partial charge on any atom is 0.288 e. The number of hydrogen-bond acceptors (Lipinski definition) is 5. The molecule has 1 unspecified atom stereocenters. The van der Waals surface area contributed by atoms with Crippen molar-refractivity contribution in [1.82, 2.24) is 4.90 Å². The van der Waals surface area contributed by atoms with Crippen LogP contribution in [0.15, 0.2) is 66.7 Å². The van der Waals surface area contributed by atoms with Gasteiger partial charge < -0.3 is 4.90 Å². The molecule has 38 heavy (non-hydrogen) atoms. The summed E-state index contributed by atoms with van der Waals surface area (Å²) >= 11 is 12.0. The van der Waals surface area contributed by atoms with E-state index in [1.165, 1.54) is 17.0 Å². The number of benzene rings is 3. The van der Waals surface area contributed by atoms with Gasteiger partial charge in [0.1, 0.15) is 11.1 Å². The topological polar surface area (TPSA) is 101 Å². The molecule has 196 valence electrons. The first-order valence-corrected chi connectivity index (χ1v) is 12.8. The lowest BCUT2D eigenvalue weighted by atomic mass is 10.0. The zero-order chi connectivity index (χ0) is 27.6. The van der Waals surface area contributed by atoms with E-state index in [9.17, 15) is 24.5 Å². The normalized spacial score (nSPS) is 15.3. The molecule has 0 N–H and O–H groups in total. The van der Waals surface area contributed by atoms with Crippen LogP contribution in [0.25, 0.3) is 0 Å². The van der Waals surface area contributed by atoms with Crippen molar-refractivity contribution in [2.45, 2.75) is 38.6 Å². The van der Waals surface area contributed by atoms with Crippen LogP contribution in [0.2, 0.25) is 10.0 Å². The lowest BCUT2D eigenvalue weighted by Gasteiger charge is -2.28. The number of hydrogen-bond donors (Lipinski definition) is 0. The van der Waals surface area contributed by atoms with Crippen LogP contribution in [-0.4, -0.2) is 40.1 Å². The monoisotopic (exact) mass is 553 g/mol. The molecule has 0 radical (unpaired) electrons. The Hall–Kier alpha value is -3.75. The molecule has 0 spiro atoms. The van der Waals surface area contributed by atoms with E-state index in [2.05, 4.69) is 0 Å².